The minimum absolute atomic E-state index is 0.366. The summed E-state index contributed by atoms with van der Waals surface area (Å²) in [6.45, 7) is 5.51. The third kappa shape index (κ3) is 3.86. The standard InChI is InChI=1S/C14H28N2OS/c1-18-14(12-15)6-9-16(10-7-14)8-2-4-13-5-3-11-17-13/h13H,2-12,15H2,1H3. The van der Waals surface area contributed by atoms with E-state index in [4.69, 9.17) is 10.5 Å². The predicted octanol–water partition coefficient (Wildman–Crippen LogP) is 2.10. The number of nitrogens with zero attached hydrogens (tertiary/aromatic N) is 1. The first-order chi connectivity index (χ1) is 8.78. The Morgan fingerprint density at radius 2 is 2.17 bits per heavy atom. The van der Waals surface area contributed by atoms with E-state index in [0.717, 1.165) is 13.2 Å². The van der Waals surface area contributed by atoms with Crippen LogP contribution in [0.4, 0.5) is 0 Å². The summed E-state index contributed by atoms with van der Waals surface area (Å²) in [5.41, 5.74) is 5.92. The van der Waals surface area contributed by atoms with Crippen LogP contribution in [-0.4, -0.2) is 54.8 Å². The quantitative estimate of drug-likeness (QED) is 0.804. The topological polar surface area (TPSA) is 38.5 Å². The molecular weight excluding hydrogens is 244 g/mol. The Bertz CT molecular complexity index is 230. The van der Waals surface area contributed by atoms with Gasteiger partial charge in [0.25, 0.3) is 0 Å². The highest BCUT2D eigenvalue weighted by Crippen LogP contribution is 2.33. The van der Waals surface area contributed by atoms with Crippen molar-refractivity contribution in [2.45, 2.75) is 49.4 Å². The van der Waals surface area contributed by atoms with Gasteiger partial charge < -0.3 is 15.4 Å². The van der Waals surface area contributed by atoms with Crippen molar-refractivity contribution in [3.8, 4) is 0 Å². The second-order valence-corrected chi connectivity index (χ2v) is 6.98. The Kier molecular flexibility index (Phi) is 5.80. The maximum absolute atomic E-state index is 5.92. The minimum atomic E-state index is 0.366. The van der Waals surface area contributed by atoms with Crippen LogP contribution in [0.15, 0.2) is 0 Å². The molecule has 0 aliphatic carbocycles. The first-order valence-electron chi connectivity index (χ1n) is 7.37. The van der Waals surface area contributed by atoms with Crippen molar-refractivity contribution < 1.29 is 4.74 Å². The van der Waals surface area contributed by atoms with E-state index in [1.165, 1.54) is 58.2 Å². The van der Waals surface area contributed by atoms with E-state index in [1.807, 2.05) is 11.8 Å². The number of likely N-dealkylation sites (tertiary alicyclic amines) is 1. The minimum Gasteiger partial charge on any atom is -0.378 e. The third-order valence-corrected chi connectivity index (χ3v) is 6.04. The molecule has 1 atom stereocenters. The Morgan fingerprint density at radius 3 is 2.72 bits per heavy atom. The normalized spacial score (nSPS) is 28.7. The van der Waals surface area contributed by atoms with Crippen molar-refractivity contribution in [3.63, 3.8) is 0 Å². The number of nitrogens with two attached hydrogens (primary N) is 1. The van der Waals surface area contributed by atoms with E-state index >= 15 is 0 Å². The van der Waals surface area contributed by atoms with Crippen molar-refractivity contribution in [1.82, 2.24) is 4.90 Å². The molecule has 4 heteroatoms. The fourth-order valence-electron chi connectivity index (χ4n) is 3.09. The number of piperidine rings is 1. The maximum atomic E-state index is 5.92. The molecule has 2 rings (SSSR count). The van der Waals surface area contributed by atoms with Crippen molar-refractivity contribution in [3.05, 3.63) is 0 Å². The summed E-state index contributed by atoms with van der Waals surface area (Å²) in [4.78, 5) is 2.61. The molecule has 0 radical (unpaired) electrons. The van der Waals surface area contributed by atoms with E-state index in [2.05, 4.69) is 11.2 Å². The second-order valence-electron chi connectivity index (χ2n) is 5.71. The SMILES string of the molecule is CSC1(CN)CCN(CCCC2CCCO2)CC1. The summed E-state index contributed by atoms with van der Waals surface area (Å²) in [5, 5.41) is 0. The van der Waals surface area contributed by atoms with Gasteiger partial charge in [-0.1, -0.05) is 0 Å². The van der Waals surface area contributed by atoms with Gasteiger partial charge in [0.05, 0.1) is 6.10 Å². The van der Waals surface area contributed by atoms with E-state index in [9.17, 15) is 0 Å². The van der Waals surface area contributed by atoms with Crippen LogP contribution >= 0.6 is 11.8 Å². The Morgan fingerprint density at radius 1 is 1.39 bits per heavy atom. The molecule has 106 valence electrons. The molecular formula is C14H28N2OS. The molecule has 2 aliphatic heterocycles. The molecule has 2 N–H and O–H groups in total. The molecule has 1 unspecified atom stereocenters. The smallest absolute Gasteiger partial charge is 0.0576 e. The lowest BCUT2D eigenvalue weighted by molar-refractivity contribution is 0.0968. The van der Waals surface area contributed by atoms with Crippen LogP contribution in [0.25, 0.3) is 0 Å². The number of ether oxygens (including phenoxy) is 1. The summed E-state index contributed by atoms with van der Waals surface area (Å²) in [5.74, 6) is 0. The number of hydrogen-bond acceptors (Lipinski definition) is 4. The fraction of sp³-hybridized carbons (Fsp3) is 1.00. The van der Waals surface area contributed by atoms with Crippen molar-refractivity contribution in [1.29, 1.82) is 0 Å². The second kappa shape index (κ2) is 7.13. The van der Waals surface area contributed by atoms with Gasteiger partial charge >= 0.3 is 0 Å². The molecule has 18 heavy (non-hydrogen) atoms. The monoisotopic (exact) mass is 272 g/mol. The van der Waals surface area contributed by atoms with Gasteiger partial charge in [0, 0.05) is 17.9 Å². The van der Waals surface area contributed by atoms with E-state index in [-0.39, 0.29) is 0 Å². The Balaban J connectivity index is 1.61. The lowest BCUT2D eigenvalue weighted by atomic mass is 9.95. The summed E-state index contributed by atoms with van der Waals surface area (Å²) in [6.07, 6.45) is 10.4. The molecule has 0 spiro atoms. The van der Waals surface area contributed by atoms with Crippen molar-refractivity contribution >= 4 is 11.8 Å². The van der Waals surface area contributed by atoms with Gasteiger partial charge in [-0.2, -0.15) is 11.8 Å². The van der Waals surface area contributed by atoms with Crippen molar-refractivity contribution in [2.24, 2.45) is 5.73 Å². The summed E-state index contributed by atoms with van der Waals surface area (Å²) in [6, 6.07) is 0. The summed E-state index contributed by atoms with van der Waals surface area (Å²) >= 11 is 1.97. The van der Waals surface area contributed by atoms with E-state index in [1.54, 1.807) is 0 Å². The Hall–Kier alpha value is 0.230. The molecule has 2 aliphatic rings. The van der Waals surface area contributed by atoms with Gasteiger partial charge in [-0.05, 0) is 64.4 Å². The highest BCUT2D eigenvalue weighted by Gasteiger charge is 2.32. The van der Waals surface area contributed by atoms with Crippen molar-refractivity contribution in [2.75, 3.05) is 39.0 Å². The van der Waals surface area contributed by atoms with Crippen LogP contribution in [0.5, 0.6) is 0 Å². The van der Waals surface area contributed by atoms with Crippen LogP contribution in [0.2, 0.25) is 0 Å². The van der Waals surface area contributed by atoms with Crippen LogP contribution in [0.1, 0.15) is 38.5 Å². The van der Waals surface area contributed by atoms with Crippen LogP contribution in [0.3, 0.4) is 0 Å². The molecule has 0 amide bonds. The zero-order chi connectivity index (χ0) is 12.8. The van der Waals surface area contributed by atoms with Gasteiger partial charge in [-0.3, -0.25) is 0 Å². The first kappa shape index (κ1) is 14.6. The first-order valence-corrected chi connectivity index (χ1v) is 8.60. The Labute approximate surface area is 116 Å². The summed E-state index contributed by atoms with van der Waals surface area (Å²) in [7, 11) is 0. The fourth-order valence-corrected chi connectivity index (χ4v) is 3.85. The number of hydrogen-bond donors (Lipinski definition) is 1. The van der Waals surface area contributed by atoms with Gasteiger partial charge in [0.2, 0.25) is 0 Å². The van der Waals surface area contributed by atoms with E-state index < -0.39 is 0 Å². The molecule has 2 fully saturated rings. The van der Waals surface area contributed by atoms with E-state index in [0.29, 0.717) is 10.9 Å². The average Bonchev–Trinajstić information content (AvgIpc) is 2.93. The van der Waals surface area contributed by atoms with Crippen LogP contribution in [0, 0.1) is 0 Å². The molecule has 0 aromatic rings. The molecule has 0 aromatic carbocycles. The number of thioether (sulfide) groups is 1. The predicted molar refractivity (Wildman–Crippen MR) is 79.2 cm³/mol. The maximum Gasteiger partial charge on any atom is 0.0576 e. The lowest BCUT2D eigenvalue weighted by Gasteiger charge is -2.40. The highest BCUT2D eigenvalue weighted by atomic mass is 32.2. The summed E-state index contributed by atoms with van der Waals surface area (Å²) < 4.78 is 6.04. The molecule has 3 nitrogen and oxygen atoms in total. The molecule has 2 heterocycles. The zero-order valence-electron chi connectivity index (χ0n) is 11.7. The highest BCUT2D eigenvalue weighted by molar-refractivity contribution is 8.00. The van der Waals surface area contributed by atoms with Gasteiger partial charge in [-0.25, -0.2) is 0 Å². The molecule has 0 bridgehead atoms. The van der Waals surface area contributed by atoms with Gasteiger partial charge in [0.15, 0.2) is 0 Å². The largest absolute Gasteiger partial charge is 0.378 e. The third-order valence-electron chi connectivity index (χ3n) is 4.60. The van der Waals surface area contributed by atoms with Gasteiger partial charge in [-0.15, -0.1) is 0 Å². The molecule has 2 saturated heterocycles. The van der Waals surface area contributed by atoms with Gasteiger partial charge in [0.1, 0.15) is 0 Å². The lowest BCUT2D eigenvalue weighted by Crippen LogP contribution is -2.46. The molecule has 0 saturated carbocycles. The van der Waals surface area contributed by atoms with Crippen LogP contribution in [-0.2, 0) is 4.74 Å². The number of rotatable bonds is 6. The molecule has 0 aromatic heterocycles. The average molecular weight is 272 g/mol. The van der Waals surface area contributed by atoms with Crippen LogP contribution < -0.4 is 5.73 Å². The zero-order valence-corrected chi connectivity index (χ0v) is 12.5.